The molecule has 0 aliphatic carbocycles. The quantitative estimate of drug-likeness (QED) is 0.818. The van der Waals surface area contributed by atoms with Gasteiger partial charge in [-0.15, -0.1) is 0 Å². The molecule has 0 fully saturated rings. The Kier molecular flexibility index (Phi) is 5.46. The zero-order valence-corrected chi connectivity index (χ0v) is 14.3. The van der Waals surface area contributed by atoms with Crippen LogP contribution in [-0.4, -0.2) is 55.3 Å². The van der Waals surface area contributed by atoms with Crippen LogP contribution in [0, 0.1) is 5.92 Å². The van der Waals surface area contributed by atoms with Crippen molar-refractivity contribution < 1.29 is 18.0 Å². The molecular formula is C15H23N3O4S. The monoisotopic (exact) mass is 341 g/mol. The lowest BCUT2D eigenvalue weighted by Gasteiger charge is -2.24. The maximum atomic E-state index is 12.4. The van der Waals surface area contributed by atoms with E-state index in [0.717, 1.165) is 11.9 Å². The van der Waals surface area contributed by atoms with Crippen molar-refractivity contribution in [3.05, 3.63) is 24.0 Å². The van der Waals surface area contributed by atoms with Crippen molar-refractivity contribution in [3.63, 3.8) is 0 Å². The molecule has 7 nitrogen and oxygen atoms in total. The second-order valence-electron chi connectivity index (χ2n) is 6.05. The van der Waals surface area contributed by atoms with E-state index in [1.165, 1.54) is 0 Å². The zero-order chi connectivity index (χ0) is 17.0. The molecule has 1 aromatic heterocycles. The lowest BCUT2D eigenvalue weighted by molar-refractivity contribution is -0.132. The first-order valence-corrected chi connectivity index (χ1v) is 9.64. The van der Waals surface area contributed by atoms with Crippen LogP contribution in [0.15, 0.2) is 18.3 Å². The van der Waals surface area contributed by atoms with Gasteiger partial charge in [-0.25, -0.2) is 8.42 Å². The highest BCUT2D eigenvalue weighted by Gasteiger charge is 2.26. The van der Waals surface area contributed by atoms with E-state index in [9.17, 15) is 18.0 Å². The Morgan fingerprint density at radius 2 is 2.09 bits per heavy atom. The van der Waals surface area contributed by atoms with Crippen LogP contribution >= 0.6 is 0 Å². The highest BCUT2D eigenvalue weighted by atomic mass is 32.2. The molecule has 0 spiro atoms. The first-order chi connectivity index (χ1) is 10.8. The highest BCUT2D eigenvalue weighted by molar-refractivity contribution is 7.90. The molecule has 0 saturated carbocycles. The van der Waals surface area contributed by atoms with E-state index in [4.69, 9.17) is 0 Å². The first-order valence-electron chi connectivity index (χ1n) is 7.58. The van der Waals surface area contributed by atoms with Gasteiger partial charge in [0.05, 0.1) is 12.3 Å². The average molecular weight is 341 g/mol. The Hall–Kier alpha value is -1.83. The molecule has 1 aliphatic rings. The smallest absolute Gasteiger partial charge is 0.223 e. The third-order valence-electron chi connectivity index (χ3n) is 4.00. The summed E-state index contributed by atoms with van der Waals surface area (Å²) in [5.41, 5.74) is 0.997. The minimum absolute atomic E-state index is 0.00536. The van der Waals surface area contributed by atoms with Crippen molar-refractivity contribution in [1.82, 2.24) is 14.8 Å². The third-order valence-corrected chi connectivity index (χ3v) is 4.95. The summed E-state index contributed by atoms with van der Waals surface area (Å²) in [6, 6.07) is 3.86. The van der Waals surface area contributed by atoms with Crippen molar-refractivity contribution in [2.75, 3.05) is 25.6 Å². The molecule has 1 N–H and O–H groups in total. The van der Waals surface area contributed by atoms with E-state index in [1.54, 1.807) is 11.9 Å². The summed E-state index contributed by atoms with van der Waals surface area (Å²) in [6.45, 7) is 1.57. The van der Waals surface area contributed by atoms with Crippen LogP contribution in [0.3, 0.4) is 0 Å². The van der Waals surface area contributed by atoms with Crippen LogP contribution < -0.4 is 5.32 Å². The van der Waals surface area contributed by atoms with Crippen LogP contribution in [0.2, 0.25) is 0 Å². The molecule has 1 atom stereocenters. The Balaban J connectivity index is 2.12. The third kappa shape index (κ3) is 5.09. The predicted molar refractivity (Wildman–Crippen MR) is 86.4 cm³/mol. The van der Waals surface area contributed by atoms with Crippen LogP contribution in [0.4, 0.5) is 0 Å². The SMILES string of the molecule is CNC(=O)C[C@H]1CN(C(=O)CCS(C)(=O)=O)Cc2cccn2C1. The molecule has 8 heteroatoms. The van der Waals surface area contributed by atoms with Crippen molar-refractivity contribution in [2.45, 2.75) is 25.9 Å². The largest absolute Gasteiger partial charge is 0.359 e. The summed E-state index contributed by atoms with van der Waals surface area (Å²) in [5.74, 6) is -0.393. The normalized spacial score (nSPS) is 18.2. The van der Waals surface area contributed by atoms with Crippen molar-refractivity contribution in [3.8, 4) is 0 Å². The van der Waals surface area contributed by atoms with E-state index in [2.05, 4.69) is 9.88 Å². The average Bonchev–Trinajstić information content (AvgIpc) is 2.82. The van der Waals surface area contributed by atoms with Gasteiger partial charge in [-0.2, -0.15) is 0 Å². The summed E-state index contributed by atoms with van der Waals surface area (Å²) in [4.78, 5) is 25.7. The molecule has 0 aromatic carbocycles. The molecule has 0 bridgehead atoms. The predicted octanol–water partition coefficient (Wildman–Crippen LogP) is 0.0173. The fraction of sp³-hybridized carbons (Fsp3) is 0.600. The van der Waals surface area contributed by atoms with Gasteiger partial charge in [0, 0.05) is 57.0 Å². The maximum Gasteiger partial charge on any atom is 0.223 e. The van der Waals surface area contributed by atoms with Gasteiger partial charge < -0.3 is 14.8 Å². The molecule has 2 amide bonds. The Morgan fingerprint density at radius 3 is 2.74 bits per heavy atom. The number of amides is 2. The Labute approximate surface area is 136 Å². The van der Waals surface area contributed by atoms with Gasteiger partial charge >= 0.3 is 0 Å². The van der Waals surface area contributed by atoms with Crippen molar-refractivity contribution >= 4 is 21.7 Å². The number of fused-ring (bicyclic) bond motifs is 1. The fourth-order valence-electron chi connectivity index (χ4n) is 2.79. The second kappa shape index (κ2) is 7.16. The maximum absolute atomic E-state index is 12.4. The standard InChI is InChI=1S/C15H23N3O4S/c1-16-14(19)8-12-9-17-6-3-4-13(17)11-18(10-12)15(20)5-7-23(2,21)22/h3-4,6,12H,5,7-11H2,1-2H3,(H,16,19)/t12-/m1/s1. The molecule has 0 unspecified atom stereocenters. The number of rotatable bonds is 5. The number of hydrogen-bond acceptors (Lipinski definition) is 4. The summed E-state index contributed by atoms with van der Waals surface area (Å²) in [5, 5.41) is 2.61. The number of sulfone groups is 1. The van der Waals surface area contributed by atoms with E-state index < -0.39 is 9.84 Å². The molecule has 1 aliphatic heterocycles. The van der Waals surface area contributed by atoms with E-state index in [-0.39, 0.29) is 29.9 Å². The molecule has 128 valence electrons. The van der Waals surface area contributed by atoms with E-state index in [1.807, 2.05) is 18.3 Å². The summed E-state index contributed by atoms with van der Waals surface area (Å²) < 4.78 is 24.6. The van der Waals surface area contributed by atoms with E-state index in [0.29, 0.717) is 26.1 Å². The Morgan fingerprint density at radius 1 is 1.35 bits per heavy atom. The molecule has 0 saturated heterocycles. The number of nitrogens with zero attached hydrogens (tertiary/aromatic N) is 2. The molecule has 2 heterocycles. The number of nitrogens with one attached hydrogen (secondary N) is 1. The number of carbonyl (C=O) groups is 2. The van der Waals surface area contributed by atoms with Crippen LogP contribution in [0.5, 0.6) is 0 Å². The Bertz CT molecular complexity index is 681. The second-order valence-corrected chi connectivity index (χ2v) is 8.31. The lowest BCUT2D eigenvalue weighted by atomic mass is 10.0. The van der Waals surface area contributed by atoms with Crippen molar-refractivity contribution in [1.29, 1.82) is 0 Å². The first kappa shape index (κ1) is 17.5. The number of aromatic nitrogens is 1. The van der Waals surface area contributed by atoms with Crippen LogP contribution in [0.1, 0.15) is 18.5 Å². The van der Waals surface area contributed by atoms with Gasteiger partial charge in [0.1, 0.15) is 9.84 Å². The minimum atomic E-state index is -3.17. The summed E-state index contributed by atoms with van der Waals surface area (Å²) in [7, 11) is -1.58. The topological polar surface area (TPSA) is 88.5 Å². The zero-order valence-electron chi connectivity index (χ0n) is 13.5. The van der Waals surface area contributed by atoms with Crippen LogP contribution in [0.25, 0.3) is 0 Å². The highest BCUT2D eigenvalue weighted by Crippen LogP contribution is 2.20. The molecule has 23 heavy (non-hydrogen) atoms. The molecule has 0 radical (unpaired) electrons. The van der Waals surface area contributed by atoms with Gasteiger partial charge in [-0.1, -0.05) is 0 Å². The summed E-state index contributed by atoms with van der Waals surface area (Å²) in [6.07, 6.45) is 3.38. The van der Waals surface area contributed by atoms with Gasteiger partial charge in [0.2, 0.25) is 11.8 Å². The van der Waals surface area contributed by atoms with Gasteiger partial charge in [-0.3, -0.25) is 9.59 Å². The minimum Gasteiger partial charge on any atom is -0.359 e. The van der Waals surface area contributed by atoms with Gasteiger partial charge in [-0.05, 0) is 12.1 Å². The number of hydrogen-bond donors (Lipinski definition) is 1. The molecule has 1 aromatic rings. The van der Waals surface area contributed by atoms with Gasteiger partial charge in [0.25, 0.3) is 0 Å². The summed E-state index contributed by atoms with van der Waals surface area (Å²) >= 11 is 0. The van der Waals surface area contributed by atoms with Gasteiger partial charge in [0.15, 0.2) is 0 Å². The van der Waals surface area contributed by atoms with Crippen molar-refractivity contribution in [2.24, 2.45) is 5.92 Å². The van der Waals surface area contributed by atoms with Crippen LogP contribution in [-0.2, 0) is 32.5 Å². The number of carbonyl (C=O) groups excluding carboxylic acids is 2. The molecule has 2 rings (SSSR count). The fourth-order valence-corrected chi connectivity index (χ4v) is 3.34. The molecular weight excluding hydrogens is 318 g/mol. The lowest BCUT2D eigenvalue weighted by Crippen LogP contribution is -2.36. The van der Waals surface area contributed by atoms with E-state index >= 15 is 0 Å².